The summed E-state index contributed by atoms with van der Waals surface area (Å²) in [6.07, 6.45) is 1.13. The van der Waals surface area contributed by atoms with E-state index in [1.54, 1.807) is 0 Å². The Bertz CT molecular complexity index is 76.8. The maximum atomic E-state index is 8.56. The van der Waals surface area contributed by atoms with Gasteiger partial charge in [-0.25, -0.2) is 0 Å². The van der Waals surface area contributed by atoms with Crippen molar-refractivity contribution in [3.8, 4) is 0 Å². The first-order valence-electron chi connectivity index (χ1n) is 2.69. The van der Waals surface area contributed by atoms with Gasteiger partial charge >= 0.3 is 0 Å². The molecule has 0 unspecified atom stereocenters. The maximum Gasteiger partial charge on any atom is 0.0817 e. The van der Waals surface area contributed by atoms with Crippen molar-refractivity contribution >= 4 is 22.6 Å². The van der Waals surface area contributed by atoms with Crippen LogP contribution in [0.1, 0.15) is 6.42 Å². The Balaban J connectivity index is 2.22. The van der Waals surface area contributed by atoms with Crippen LogP contribution in [-0.4, -0.2) is 28.3 Å². The van der Waals surface area contributed by atoms with Crippen LogP contribution in [0.4, 0.5) is 0 Å². The van der Waals surface area contributed by atoms with Crippen LogP contribution in [0.15, 0.2) is 0 Å². The largest absolute Gasteiger partial charge is 0.394 e. The number of aliphatic hydroxyl groups excluding tert-OH is 1. The van der Waals surface area contributed by atoms with Crippen LogP contribution >= 0.6 is 22.6 Å². The van der Waals surface area contributed by atoms with Gasteiger partial charge < -0.3 is 9.84 Å². The number of alkyl halides is 1. The zero-order valence-corrected chi connectivity index (χ0v) is 6.67. The molecule has 1 fully saturated rings. The number of ether oxygens (including phenoxy) is 1. The average molecular weight is 228 g/mol. The fourth-order valence-corrected chi connectivity index (χ4v) is 1.56. The van der Waals surface area contributed by atoms with Gasteiger partial charge in [-0.05, 0) is 6.42 Å². The Labute approximate surface area is 62.4 Å². The van der Waals surface area contributed by atoms with Crippen LogP contribution in [0, 0.1) is 0 Å². The van der Waals surface area contributed by atoms with E-state index in [4.69, 9.17) is 9.84 Å². The predicted molar refractivity (Wildman–Crippen MR) is 39.3 cm³/mol. The molecule has 1 aliphatic heterocycles. The highest BCUT2D eigenvalue weighted by molar-refractivity contribution is 14.1. The molecule has 0 spiro atoms. The lowest BCUT2D eigenvalue weighted by molar-refractivity contribution is 0.0594. The smallest absolute Gasteiger partial charge is 0.0817 e. The van der Waals surface area contributed by atoms with Crippen LogP contribution in [0.25, 0.3) is 0 Å². The van der Waals surface area contributed by atoms with Crippen molar-refractivity contribution < 1.29 is 9.84 Å². The molecule has 2 nitrogen and oxygen atoms in total. The van der Waals surface area contributed by atoms with Crippen molar-refractivity contribution in [3.63, 3.8) is 0 Å². The van der Waals surface area contributed by atoms with Gasteiger partial charge in [0.25, 0.3) is 0 Å². The van der Waals surface area contributed by atoms with Crippen LogP contribution < -0.4 is 0 Å². The van der Waals surface area contributed by atoms with E-state index in [-0.39, 0.29) is 12.7 Å². The molecule has 0 aliphatic carbocycles. The quantitative estimate of drug-likeness (QED) is 0.525. The summed E-state index contributed by atoms with van der Waals surface area (Å²) < 4.78 is 5.77. The van der Waals surface area contributed by atoms with E-state index in [1.165, 1.54) is 0 Å². The molecule has 1 heterocycles. The van der Waals surface area contributed by atoms with Crippen LogP contribution in [0.2, 0.25) is 0 Å². The molecule has 2 atom stereocenters. The van der Waals surface area contributed by atoms with Gasteiger partial charge in [0.2, 0.25) is 0 Å². The summed E-state index contributed by atoms with van der Waals surface area (Å²) >= 11 is 2.33. The van der Waals surface area contributed by atoms with E-state index in [0.29, 0.717) is 3.92 Å². The molecule has 1 rings (SSSR count). The van der Waals surface area contributed by atoms with Gasteiger partial charge in [0.05, 0.1) is 19.3 Å². The second-order valence-electron chi connectivity index (χ2n) is 1.97. The van der Waals surface area contributed by atoms with Crippen molar-refractivity contribution in [2.45, 2.75) is 16.4 Å². The molecule has 48 valence electrons. The molecule has 0 amide bonds. The molecular weight excluding hydrogens is 219 g/mol. The van der Waals surface area contributed by atoms with E-state index in [1.807, 2.05) is 0 Å². The van der Waals surface area contributed by atoms with E-state index in [0.717, 1.165) is 13.0 Å². The molecule has 0 bridgehead atoms. The molecule has 3 heteroatoms. The van der Waals surface area contributed by atoms with Gasteiger partial charge in [0, 0.05) is 3.92 Å². The fraction of sp³-hybridized carbons (Fsp3) is 1.00. The Morgan fingerprint density at radius 2 is 2.50 bits per heavy atom. The zero-order chi connectivity index (χ0) is 5.98. The lowest BCUT2D eigenvalue weighted by Gasteiger charge is -2.00. The van der Waals surface area contributed by atoms with Gasteiger partial charge in [-0.3, -0.25) is 0 Å². The second-order valence-corrected chi connectivity index (χ2v) is 3.73. The van der Waals surface area contributed by atoms with Gasteiger partial charge in [0.15, 0.2) is 0 Å². The summed E-state index contributed by atoms with van der Waals surface area (Å²) in [4.78, 5) is 0. The Morgan fingerprint density at radius 1 is 1.75 bits per heavy atom. The minimum atomic E-state index is 0.122. The van der Waals surface area contributed by atoms with Gasteiger partial charge in [-0.1, -0.05) is 22.6 Å². The normalized spacial score (nSPS) is 38.2. The van der Waals surface area contributed by atoms with Gasteiger partial charge in [-0.15, -0.1) is 0 Å². The van der Waals surface area contributed by atoms with Crippen LogP contribution in [0.5, 0.6) is 0 Å². The van der Waals surface area contributed by atoms with E-state index < -0.39 is 0 Å². The third kappa shape index (κ3) is 1.56. The third-order valence-corrected chi connectivity index (χ3v) is 2.10. The van der Waals surface area contributed by atoms with Crippen molar-refractivity contribution in [1.82, 2.24) is 0 Å². The highest BCUT2D eigenvalue weighted by Gasteiger charge is 2.21. The topological polar surface area (TPSA) is 29.5 Å². The summed E-state index contributed by atoms with van der Waals surface area (Å²) in [5, 5.41) is 8.56. The van der Waals surface area contributed by atoms with Crippen molar-refractivity contribution in [3.05, 3.63) is 0 Å². The highest BCUT2D eigenvalue weighted by Crippen LogP contribution is 2.19. The minimum Gasteiger partial charge on any atom is -0.394 e. The molecule has 0 radical (unpaired) electrons. The van der Waals surface area contributed by atoms with Crippen molar-refractivity contribution in [2.75, 3.05) is 13.2 Å². The molecule has 0 aromatic carbocycles. The zero-order valence-electron chi connectivity index (χ0n) is 4.51. The lowest BCUT2D eigenvalue weighted by atomic mass is 10.2. The average Bonchev–Trinajstić information content (AvgIpc) is 2.14. The highest BCUT2D eigenvalue weighted by atomic mass is 127. The van der Waals surface area contributed by atoms with Crippen molar-refractivity contribution in [1.29, 1.82) is 0 Å². The molecule has 1 aliphatic rings. The maximum absolute atomic E-state index is 8.56. The van der Waals surface area contributed by atoms with Gasteiger partial charge in [0.1, 0.15) is 0 Å². The summed E-state index contributed by atoms with van der Waals surface area (Å²) in [6.45, 7) is 0.991. The summed E-state index contributed by atoms with van der Waals surface area (Å²) in [5.74, 6) is 0. The molecule has 0 aromatic heterocycles. The standard InChI is InChI=1S/C5H9IO2/c6-4-1-5(2-7)8-3-4/h4-5,7H,1-3H2/t4-,5+/m1/s1. The summed E-state index contributed by atoms with van der Waals surface area (Å²) in [5.41, 5.74) is 0. The first-order valence-corrected chi connectivity index (χ1v) is 3.94. The second kappa shape index (κ2) is 2.98. The Kier molecular flexibility index (Phi) is 2.52. The first-order chi connectivity index (χ1) is 3.83. The third-order valence-electron chi connectivity index (χ3n) is 1.24. The fourth-order valence-electron chi connectivity index (χ4n) is 0.789. The summed E-state index contributed by atoms with van der Waals surface area (Å²) in [7, 11) is 0. The van der Waals surface area contributed by atoms with Crippen LogP contribution in [-0.2, 0) is 4.74 Å². The first kappa shape index (κ1) is 6.77. The molecule has 1 saturated heterocycles. The molecule has 0 saturated carbocycles. The lowest BCUT2D eigenvalue weighted by Crippen LogP contribution is -2.09. The van der Waals surface area contributed by atoms with Gasteiger partial charge in [-0.2, -0.15) is 0 Å². The Morgan fingerprint density at radius 3 is 2.75 bits per heavy atom. The Hall–Kier alpha value is 0.650. The predicted octanol–water partition coefficient (Wildman–Crippen LogP) is 0.571. The number of halogens is 1. The number of aliphatic hydroxyl groups is 1. The van der Waals surface area contributed by atoms with E-state index in [2.05, 4.69) is 22.6 Å². The molecule has 1 N–H and O–H groups in total. The van der Waals surface area contributed by atoms with E-state index >= 15 is 0 Å². The summed E-state index contributed by atoms with van der Waals surface area (Å²) in [6, 6.07) is 0. The number of rotatable bonds is 1. The number of hydrogen-bond acceptors (Lipinski definition) is 2. The van der Waals surface area contributed by atoms with Crippen molar-refractivity contribution in [2.24, 2.45) is 0 Å². The molecule has 0 aromatic rings. The van der Waals surface area contributed by atoms with Crippen LogP contribution in [0.3, 0.4) is 0 Å². The minimum absolute atomic E-state index is 0.122. The van der Waals surface area contributed by atoms with E-state index in [9.17, 15) is 0 Å². The SMILES string of the molecule is OC[C@@H]1C[C@@H](I)CO1. The molecule has 8 heavy (non-hydrogen) atoms. The monoisotopic (exact) mass is 228 g/mol. The molecular formula is C5H9IO2. The number of hydrogen-bond donors (Lipinski definition) is 1.